The van der Waals surface area contributed by atoms with Gasteiger partial charge in [-0.25, -0.2) is 4.68 Å². The minimum atomic E-state index is -0.316. The van der Waals surface area contributed by atoms with Gasteiger partial charge < -0.3 is 10.2 Å². The van der Waals surface area contributed by atoms with Crippen LogP contribution >= 0.6 is 11.6 Å². The molecule has 0 saturated heterocycles. The minimum absolute atomic E-state index is 0.0603. The van der Waals surface area contributed by atoms with Crippen LogP contribution in [0, 0.1) is 6.92 Å². The van der Waals surface area contributed by atoms with E-state index in [-0.39, 0.29) is 11.8 Å². The summed E-state index contributed by atoms with van der Waals surface area (Å²) < 4.78 is 1.71. The predicted octanol–water partition coefficient (Wildman–Crippen LogP) is 5.03. The molecule has 0 radical (unpaired) electrons. The second kappa shape index (κ2) is 10.8. The predicted molar refractivity (Wildman–Crippen MR) is 129 cm³/mol. The minimum Gasteiger partial charge on any atom is -0.339 e. The van der Waals surface area contributed by atoms with E-state index < -0.39 is 0 Å². The summed E-state index contributed by atoms with van der Waals surface area (Å²) in [5.41, 5.74) is 3.62. The molecule has 2 amide bonds. The lowest BCUT2D eigenvalue weighted by atomic mass is 10.1. The average molecular weight is 451 g/mol. The van der Waals surface area contributed by atoms with Crippen LogP contribution in [0.2, 0.25) is 5.15 Å². The van der Waals surface area contributed by atoms with E-state index in [2.05, 4.69) is 10.4 Å². The summed E-state index contributed by atoms with van der Waals surface area (Å²) >= 11 is 6.51. The van der Waals surface area contributed by atoms with Crippen LogP contribution in [0.5, 0.6) is 0 Å². The Morgan fingerprint density at radius 3 is 2.50 bits per heavy atom. The molecule has 0 fully saturated rings. The van der Waals surface area contributed by atoms with Crippen LogP contribution < -0.4 is 5.32 Å². The molecule has 3 rings (SSSR count). The molecule has 0 atom stereocenters. The molecule has 0 spiro atoms. The summed E-state index contributed by atoms with van der Waals surface area (Å²) in [6.45, 7) is 7.54. The van der Waals surface area contributed by atoms with E-state index in [9.17, 15) is 9.59 Å². The van der Waals surface area contributed by atoms with E-state index in [4.69, 9.17) is 11.6 Å². The largest absolute Gasteiger partial charge is 0.339 e. The third kappa shape index (κ3) is 5.65. The number of hydrogen-bond donors (Lipinski definition) is 1. The second-order valence-electron chi connectivity index (χ2n) is 7.31. The van der Waals surface area contributed by atoms with Crippen LogP contribution in [0.15, 0.2) is 60.7 Å². The van der Waals surface area contributed by atoms with Crippen molar-refractivity contribution in [2.24, 2.45) is 0 Å². The molecule has 0 aliphatic rings. The molecule has 0 aliphatic heterocycles. The van der Waals surface area contributed by atoms with Gasteiger partial charge in [-0.1, -0.05) is 48.0 Å². The van der Waals surface area contributed by atoms with E-state index in [0.717, 1.165) is 11.3 Å². The molecule has 7 heteroatoms. The fraction of sp³-hybridized carbons (Fsp3) is 0.240. The maximum Gasteiger partial charge on any atom is 0.253 e. The van der Waals surface area contributed by atoms with E-state index in [1.807, 2.05) is 51.1 Å². The summed E-state index contributed by atoms with van der Waals surface area (Å²) in [6.07, 6.45) is 3.08. The van der Waals surface area contributed by atoms with E-state index in [1.165, 1.54) is 6.08 Å². The fourth-order valence-electron chi connectivity index (χ4n) is 3.38. The smallest absolute Gasteiger partial charge is 0.253 e. The van der Waals surface area contributed by atoms with Gasteiger partial charge in [0, 0.05) is 36.0 Å². The Kier molecular flexibility index (Phi) is 7.84. The van der Waals surface area contributed by atoms with Crippen LogP contribution in [0.1, 0.15) is 41.0 Å². The first-order valence-corrected chi connectivity index (χ1v) is 11.0. The van der Waals surface area contributed by atoms with Crippen molar-refractivity contribution in [2.75, 3.05) is 18.4 Å². The van der Waals surface area contributed by atoms with Crippen molar-refractivity contribution in [3.8, 4) is 0 Å². The van der Waals surface area contributed by atoms with Gasteiger partial charge in [-0.3, -0.25) is 9.59 Å². The van der Waals surface area contributed by atoms with Gasteiger partial charge in [-0.2, -0.15) is 5.10 Å². The highest BCUT2D eigenvalue weighted by atomic mass is 35.5. The molecule has 0 aliphatic carbocycles. The number of anilines is 1. The van der Waals surface area contributed by atoms with Gasteiger partial charge in [0.25, 0.3) is 5.91 Å². The maximum atomic E-state index is 12.5. The first kappa shape index (κ1) is 23.3. The van der Waals surface area contributed by atoms with Crippen LogP contribution in [-0.2, 0) is 11.3 Å². The third-order valence-corrected chi connectivity index (χ3v) is 5.51. The summed E-state index contributed by atoms with van der Waals surface area (Å²) in [7, 11) is 0. The number of carbonyl (C=O) groups is 2. The number of nitrogens with one attached hydrogen (secondary N) is 1. The highest BCUT2D eigenvalue weighted by molar-refractivity contribution is 6.31. The Hall–Kier alpha value is -3.38. The Bertz CT molecular complexity index is 1120. The van der Waals surface area contributed by atoms with Crippen LogP contribution in [-0.4, -0.2) is 39.6 Å². The number of aryl methyl sites for hydroxylation is 1. The fourth-order valence-corrected chi connectivity index (χ4v) is 3.68. The summed E-state index contributed by atoms with van der Waals surface area (Å²) in [5.74, 6) is -0.376. The lowest BCUT2D eigenvalue weighted by molar-refractivity contribution is -0.111. The number of aromatic nitrogens is 2. The van der Waals surface area contributed by atoms with Gasteiger partial charge in [0.05, 0.1) is 12.2 Å². The van der Waals surface area contributed by atoms with Crippen molar-refractivity contribution in [3.05, 3.63) is 88.2 Å². The van der Waals surface area contributed by atoms with E-state index in [1.54, 1.807) is 39.9 Å². The number of hydrogen-bond acceptors (Lipinski definition) is 3. The quantitative estimate of drug-likeness (QED) is 0.489. The van der Waals surface area contributed by atoms with Crippen LogP contribution in [0.3, 0.4) is 0 Å². The highest BCUT2D eigenvalue weighted by Crippen LogP contribution is 2.22. The molecule has 32 heavy (non-hydrogen) atoms. The van der Waals surface area contributed by atoms with Gasteiger partial charge in [0.15, 0.2) is 0 Å². The van der Waals surface area contributed by atoms with E-state index >= 15 is 0 Å². The molecule has 3 aromatic rings. The molecule has 0 saturated carbocycles. The average Bonchev–Trinajstić information content (AvgIpc) is 3.06. The molecule has 1 aromatic heterocycles. The zero-order valence-corrected chi connectivity index (χ0v) is 19.3. The number of amides is 2. The lowest BCUT2D eigenvalue weighted by Gasteiger charge is -2.18. The second-order valence-corrected chi connectivity index (χ2v) is 7.67. The maximum absolute atomic E-state index is 12.5. The van der Waals surface area contributed by atoms with Gasteiger partial charge in [-0.15, -0.1) is 0 Å². The highest BCUT2D eigenvalue weighted by Gasteiger charge is 2.14. The Morgan fingerprint density at radius 2 is 1.81 bits per heavy atom. The standard InChI is InChI=1S/C25H27ClN4O2/c1-4-29(5-2)25(32)20-12-9-13-21(16-20)27-23(31)15-14-22-18(3)28-30(24(22)26)17-19-10-7-6-8-11-19/h6-16H,4-5,17H2,1-3H3,(H,27,31)/b15-14+. The van der Waals surface area contributed by atoms with Crippen molar-refractivity contribution in [3.63, 3.8) is 0 Å². The zero-order chi connectivity index (χ0) is 23.1. The van der Waals surface area contributed by atoms with Gasteiger partial charge in [0.2, 0.25) is 5.91 Å². The van der Waals surface area contributed by atoms with Gasteiger partial charge in [-0.05, 0) is 50.6 Å². The first-order chi connectivity index (χ1) is 15.4. The van der Waals surface area contributed by atoms with Gasteiger partial charge in [0.1, 0.15) is 5.15 Å². The molecule has 1 N–H and O–H groups in total. The molecule has 0 unspecified atom stereocenters. The molecular weight excluding hydrogens is 424 g/mol. The van der Waals surface area contributed by atoms with Crippen molar-refractivity contribution >= 4 is 35.2 Å². The van der Waals surface area contributed by atoms with Crippen molar-refractivity contribution in [2.45, 2.75) is 27.3 Å². The normalized spacial score (nSPS) is 11.0. The summed E-state index contributed by atoms with van der Waals surface area (Å²) in [6, 6.07) is 16.8. The number of halogens is 1. The lowest BCUT2D eigenvalue weighted by Crippen LogP contribution is -2.30. The number of benzene rings is 2. The van der Waals surface area contributed by atoms with Crippen molar-refractivity contribution in [1.29, 1.82) is 0 Å². The molecular formula is C25H27ClN4O2. The zero-order valence-electron chi connectivity index (χ0n) is 18.5. The van der Waals surface area contributed by atoms with Crippen molar-refractivity contribution < 1.29 is 9.59 Å². The molecule has 0 bridgehead atoms. The Morgan fingerprint density at radius 1 is 1.09 bits per heavy atom. The summed E-state index contributed by atoms with van der Waals surface area (Å²) in [4.78, 5) is 26.7. The number of rotatable bonds is 8. The third-order valence-electron chi connectivity index (χ3n) is 5.11. The Labute approximate surface area is 193 Å². The van der Waals surface area contributed by atoms with Gasteiger partial charge >= 0.3 is 0 Å². The number of nitrogens with zero attached hydrogens (tertiary/aromatic N) is 3. The first-order valence-electron chi connectivity index (χ1n) is 10.6. The molecule has 1 heterocycles. The van der Waals surface area contributed by atoms with Crippen LogP contribution in [0.4, 0.5) is 5.69 Å². The summed E-state index contributed by atoms with van der Waals surface area (Å²) in [5, 5.41) is 7.77. The SMILES string of the molecule is CCN(CC)C(=O)c1cccc(NC(=O)/C=C/c2c(C)nn(Cc3ccccc3)c2Cl)c1. The van der Waals surface area contributed by atoms with E-state index in [0.29, 0.717) is 41.6 Å². The number of carbonyl (C=O) groups excluding carboxylic acids is 2. The Balaban J connectivity index is 1.70. The molecule has 6 nitrogen and oxygen atoms in total. The molecule has 166 valence electrons. The van der Waals surface area contributed by atoms with Crippen molar-refractivity contribution in [1.82, 2.24) is 14.7 Å². The monoisotopic (exact) mass is 450 g/mol. The topological polar surface area (TPSA) is 67.2 Å². The molecule has 2 aromatic carbocycles. The van der Waals surface area contributed by atoms with Crippen LogP contribution in [0.25, 0.3) is 6.08 Å².